The molecule has 0 bridgehead atoms. The van der Waals surface area contributed by atoms with Crippen LogP contribution in [0.3, 0.4) is 0 Å². The van der Waals surface area contributed by atoms with E-state index in [2.05, 4.69) is 63.7 Å². The fourth-order valence-electron chi connectivity index (χ4n) is 1.74. The number of aliphatic hydroxyl groups excluding tert-OH is 1. The van der Waals surface area contributed by atoms with E-state index in [1.807, 2.05) is 12.1 Å². The molecule has 20 heavy (non-hydrogen) atoms. The van der Waals surface area contributed by atoms with Crippen molar-refractivity contribution in [3.8, 4) is 0 Å². The summed E-state index contributed by atoms with van der Waals surface area (Å²) in [7, 11) is 0. The topological polar surface area (TPSA) is 37.3 Å². The summed E-state index contributed by atoms with van der Waals surface area (Å²) in [6, 6.07) is 10.5. The first-order chi connectivity index (χ1) is 9.36. The second-order valence-corrected chi connectivity index (χ2v) is 7.79. The number of benzene rings is 2. The highest BCUT2D eigenvalue weighted by atomic mass is 79.9. The van der Waals surface area contributed by atoms with Gasteiger partial charge in [-0.1, -0.05) is 63.7 Å². The SMILES string of the molecule is O=C(c1cc(Br)cc(Br)c1)[C@H](O)c1cc(Br)cc(Br)c1. The zero-order valence-corrected chi connectivity index (χ0v) is 16.3. The van der Waals surface area contributed by atoms with E-state index >= 15 is 0 Å². The van der Waals surface area contributed by atoms with Crippen LogP contribution < -0.4 is 0 Å². The Morgan fingerprint density at radius 2 is 1.20 bits per heavy atom. The second-order valence-electron chi connectivity index (χ2n) is 4.13. The molecule has 1 atom stereocenters. The van der Waals surface area contributed by atoms with Gasteiger partial charge in [-0.3, -0.25) is 4.79 Å². The van der Waals surface area contributed by atoms with E-state index in [9.17, 15) is 9.90 Å². The Morgan fingerprint density at radius 1 is 0.800 bits per heavy atom. The molecule has 0 aliphatic rings. The van der Waals surface area contributed by atoms with E-state index in [1.54, 1.807) is 24.3 Å². The van der Waals surface area contributed by atoms with Gasteiger partial charge in [0.2, 0.25) is 0 Å². The number of aliphatic hydroxyl groups is 1. The van der Waals surface area contributed by atoms with E-state index < -0.39 is 6.10 Å². The average Bonchev–Trinajstić information content (AvgIpc) is 2.34. The fourth-order valence-corrected chi connectivity index (χ4v) is 4.36. The van der Waals surface area contributed by atoms with Gasteiger partial charge in [-0.15, -0.1) is 0 Å². The van der Waals surface area contributed by atoms with Crippen molar-refractivity contribution in [2.75, 3.05) is 0 Å². The Hall–Kier alpha value is -0.0100. The molecule has 0 fully saturated rings. The molecular formula is C14H8Br4O2. The third kappa shape index (κ3) is 4.01. The number of carbonyl (C=O) groups is 1. The lowest BCUT2D eigenvalue weighted by Crippen LogP contribution is -2.12. The minimum atomic E-state index is -1.20. The van der Waals surface area contributed by atoms with E-state index in [0.29, 0.717) is 11.1 Å². The Morgan fingerprint density at radius 3 is 1.65 bits per heavy atom. The zero-order valence-electron chi connectivity index (χ0n) is 9.91. The molecule has 0 saturated heterocycles. The van der Waals surface area contributed by atoms with Crippen molar-refractivity contribution in [2.24, 2.45) is 0 Å². The van der Waals surface area contributed by atoms with Gasteiger partial charge in [0.05, 0.1) is 0 Å². The largest absolute Gasteiger partial charge is 0.380 e. The molecule has 0 unspecified atom stereocenters. The Kier molecular flexibility index (Phi) is 5.59. The van der Waals surface area contributed by atoms with E-state index in [1.165, 1.54) is 0 Å². The lowest BCUT2D eigenvalue weighted by atomic mass is 10.0. The van der Waals surface area contributed by atoms with Gasteiger partial charge in [0.15, 0.2) is 5.78 Å². The first-order valence-corrected chi connectivity index (χ1v) is 8.68. The summed E-state index contributed by atoms with van der Waals surface area (Å²) < 4.78 is 3.14. The number of halogens is 4. The molecule has 0 amide bonds. The van der Waals surface area contributed by atoms with Crippen molar-refractivity contribution in [1.82, 2.24) is 0 Å². The number of hydrogen-bond acceptors (Lipinski definition) is 2. The van der Waals surface area contributed by atoms with Crippen LogP contribution in [0.2, 0.25) is 0 Å². The number of ketones is 1. The summed E-state index contributed by atoms with van der Waals surface area (Å²) in [5, 5.41) is 10.3. The molecule has 2 rings (SSSR count). The van der Waals surface area contributed by atoms with Crippen LogP contribution in [-0.2, 0) is 0 Å². The minimum absolute atomic E-state index is 0.350. The molecule has 2 nitrogen and oxygen atoms in total. The highest BCUT2D eigenvalue weighted by Crippen LogP contribution is 2.28. The molecule has 0 saturated carbocycles. The summed E-state index contributed by atoms with van der Waals surface area (Å²) in [5.41, 5.74) is 0.974. The first kappa shape index (κ1) is 16.4. The third-order valence-corrected chi connectivity index (χ3v) is 4.43. The minimum Gasteiger partial charge on any atom is -0.380 e. The van der Waals surface area contributed by atoms with Crippen LogP contribution in [0.15, 0.2) is 54.3 Å². The Balaban J connectivity index is 2.36. The summed E-state index contributed by atoms with van der Waals surface area (Å²) in [6.45, 7) is 0. The summed E-state index contributed by atoms with van der Waals surface area (Å²) in [6.07, 6.45) is -1.20. The monoisotopic (exact) mass is 524 g/mol. The van der Waals surface area contributed by atoms with Crippen molar-refractivity contribution >= 4 is 69.5 Å². The predicted octanol–water partition coefficient (Wildman–Crippen LogP) is 5.65. The maximum absolute atomic E-state index is 12.3. The van der Waals surface area contributed by atoms with Gasteiger partial charge in [-0.2, -0.15) is 0 Å². The van der Waals surface area contributed by atoms with Crippen molar-refractivity contribution in [3.63, 3.8) is 0 Å². The molecule has 2 aromatic carbocycles. The van der Waals surface area contributed by atoms with Gasteiger partial charge in [-0.25, -0.2) is 0 Å². The lowest BCUT2D eigenvalue weighted by Gasteiger charge is -2.12. The smallest absolute Gasteiger partial charge is 0.195 e. The van der Waals surface area contributed by atoms with Crippen LogP contribution in [0, 0.1) is 0 Å². The van der Waals surface area contributed by atoms with Gasteiger partial charge in [0.1, 0.15) is 6.10 Å². The number of hydrogen-bond donors (Lipinski definition) is 1. The molecule has 0 aliphatic heterocycles. The van der Waals surface area contributed by atoms with Crippen molar-refractivity contribution in [2.45, 2.75) is 6.10 Å². The van der Waals surface area contributed by atoms with Crippen molar-refractivity contribution in [1.29, 1.82) is 0 Å². The van der Waals surface area contributed by atoms with Crippen LogP contribution in [0.4, 0.5) is 0 Å². The highest BCUT2D eigenvalue weighted by molar-refractivity contribution is 9.11. The molecule has 0 radical (unpaired) electrons. The third-order valence-electron chi connectivity index (χ3n) is 2.60. The molecular weight excluding hydrogens is 520 g/mol. The molecule has 1 N–H and O–H groups in total. The van der Waals surface area contributed by atoms with Gasteiger partial charge < -0.3 is 5.11 Å². The van der Waals surface area contributed by atoms with Crippen LogP contribution in [-0.4, -0.2) is 10.9 Å². The van der Waals surface area contributed by atoms with Crippen LogP contribution >= 0.6 is 63.7 Å². The average molecular weight is 528 g/mol. The first-order valence-electron chi connectivity index (χ1n) is 5.51. The summed E-state index contributed by atoms with van der Waals surface area (Å²) >= 11 is 13.3. The normalized spacial score (nSPS) is 12.2. The highest BCUT2D eigenvalue weighted by Gasteiger charge is 2.20. The predicted molar refractivity (Wildman–Crippen MR) is 93.0 cm³/mol. The number of rotatable bonds is 3. The number of carbonyl (C=O) groups excluding carboxylic acids is 1. The van der Waals surface area contributed by atoms with Gasteiger partial charge in [0.25, 0.3) is 0 Å². The van der Waals surface area contributed by atoms with Gasteiger partial charge in [0, 0.05) is 23.5 Å². The number of Topliss-reactive ketones (excluding diaryl/α,β-unsaturated/α-hetero) is 1. The maximum atomic E-state index is 12.3. The molecule has 104 valence electrons. The summed E-state index contributed by atoms with van der Waals surface area (Å²) in [4.78, 5) is 12.3. The Labute approximate surface area is 150 Å². The standard InChI is InChI=1S/C14H8Br4O2/c15-9-1-7(2-10(16)5-9)13(19)14(20)8-3-11(17)6-12(18)4-8/h1-6,13,19H/t13-/m1/s1. The van der Waals surface area contributed by atoms with E-state index in [-0.39, 0.29) is 5.78 Å². The van der Waals surface area contributed by atoms with Crippen LogP contribution in [0.25, 0.3) is 0 Å². The quantitative estimate of drug-likeness (QED) is 0.524. The van der Waals surface area contributed by atoms with Gasteiger partial charge in [-0.05, 0) is 42.0 Å². The molecule has 2 aromatic rings. The van der Waals surface area contributed by atoms with E-state index in [0.717, 1.165) is 17.9 Å². The van der Waals surface area contributed by atoms with Crippen molar-refractivity contribution in [3.05, 3.63) is 65.4 Å². The van der Waals surface area contributed by atoms with Gasteiger partial charge >= 0.3 is 0 Å². The maximum Gasteiger partial charge on any atom is 0.195 e. The van der Waals surface area contributed by atoms with E-state index in [4.69, 9.17) is 0 Å². The second kappa shape index (κ2) is 6.83. The molecule has 0 aliphatic carbocycles. The molecule has 6 heteroatoms. The summed E-state index contributed by atoms with van der Waals surface area (Å²) in [5.74, 6) is -0.350. The van der Waals surface area contributed by atoms with Crippen LogP contribution in [0.1, 0.15) is 22.0 Å². The van der Waals surface area contributed by atoms with Crippen LogP contribution in [0.5, 0.6) is 0 Å². The lowest BCUT2D eigenvalue weighted by molar-refractivity contribution is 0.0747. The molecule has 0 spiro atoms. The molecule has 0 aromatic heterocycles. The Bertz CT molecular complexity index is 630. The fraction of sp³-hybridized carbons (Fsp3) is 0.0714. The molecule has 0 heterocycles. The van der Waals surface area contributed by atoms with Crippen molar-refractivity contribution < 1.29 is 9.90 Å². The zero-order chi connectivity index (χ0) is 14.9.